The van der Waals surface area contributed by atoms with Crippen LogP contribution < -0.4 is 5.32 Å². The molecule has 2 aromatic rings. The zero-order valence-corrected chi connectivity index (χ0v) is 14.4. The van der Waals surface area contributed by atoms with Gasteiger partial charge in [0.15, 0.2) is 0 Å². The van der Waals surface area contributed by atoms with Crippen LogP contribution in [0.15, 0.2) is 54.6 Å². The molecule has 1 fully saturated rings. The Balaban J connectivity index is 1.78. The molecule has 0 bridgehead atoms. The second-order valence-electron chi connectivity index (χ2n) is 5.89. The highest BCUT2D eigenvalue weighted by molar-refractivity contribution is 8.00. The molecule has 0 aliphatic carbocycles. The van der Waals surface area contributed by atoms with Gasteiger partial charge in [0.25, 0.3) is 0 Å². The third kappa shape index (κ3) is 3.97. The van der Waals surface area contributed by atoms with Gasteiger partial charge in [0.05, 0.1) is 17.7 Å². The Kier molecular flexibility index (Phi) is 5.20. The lowest BCUT2D eigenvalue weighted by atomic mass is 9.98. The van der Waals surface area contributed by atoms with E-state index in [1.54, 1.807) is 16.7 Å². The molecule has 1 aliphatic heterocycles. The van der Waals surface area contributed by atoms with Crippen molar-refractivity contribution in [2.45, 2.75) is 13.0 Å². The monoisotopic (exact) mass is 340 g/mol. The second-order valence-corrected chi connectivity index (χ2v) is 6.85. The average Bonchev–Trinajstić information content (AvgIpc) is 2.99. The van der Waals surface area contributed by atoms with Gasteiger partial charge >= 0.3 is 0 Å². The quantitative estimate of drug-likeness (QED) is 0.910. The largest absolute Gasteiger partial charge is 0.344 e. The van der Waals surface area contributed by atoms with E-state index in [0.717, 1.165) is 11.1 Å². The van der Waals surface area contributed by atoms with Crippen LogP contribution in [0.3, 0.4) is 0 Å². The van der Waals surface area contributed by atoms with Crippen LogP contribution in [0, 0.1) is 6.92 Å². The molecule has 2 amide bonds. The number of rotatable bonds is 5. The number of hydrogen-bond acceptors (Lipinski definition) is 3. The van der Waals surface area contributed by atoms with Crippen LogP contribution in [-0.4, -0.2) is 34.9 Å². The first-order chi connectivity index (χ1) is 11.6. The number of benzene rings is 2. The lowest BCUT2D eigenvalue weighted by Gasteiger charge is -2.22. The van der Waals surface area contributed by atoms with Gasteiger partial charge in [-0.15, -0.1) is 11.8 Å². The summed E-state index contributed by atoms with van der Waals surface area (Å²) in [4.78, 5) is 25.7. The predicted molar refractivity (Wildman–Crippen MR) is 96.6 cm³/mol. The number of amides is 2. The van der Waals surface area contributed by atoms with Crippen LogP contribution in [0.25, 0.3) is 0 Å². The summed E-state index contributed by atoms with van der Waals surface area (Å²) in [6.07, 6.45) is 0. The highest BCUT2D eigenvalue weighted by atomic mass is 32.2. The van der Waals surface area contributed by atoms with Gasteiger partial charge in [-0.25, -0.2) is 0 Å². The minimum atomic E-state index is -0.218. The molecule has 3 rings (SSSR count). The van der Waals surface area contributed by atoms with E-state index in [1.165, 1.54) is 5.56 Å². The van der Waals surface area contributed by atoms with Crippen molar-refractivity contribution < 1.29 is 9.59 Å². The van der Waals surface area contributed by atoms with Gasteiger partial charge in [0.1, 0.15) is 6.54 Å². The summed E-state index contributed by atoms with van der Waals surface area (Å²) in [6.45, 7) is 2.15. The van der Waals surface area contributed by atoms with Crippen LogP contribution in [0.5, 0.6) is 0 Å². The molecule has 5 heteroatoms. The fourth-order valence-electron chi connectivity index (χ4n) is 2.68. The van der Waals surface area contributed by atoms with Crippen molar-refractivity contribution in [2.75, 3.05) is 18.2 Å². The molecule has 1 aliphatic rings. The Hall–Kier alpha value is -2.27. The van der Waals surface area contributed by atoms with Gasteiger partial charge in [0, 0.05) is 0 Å². The first kappa shape index (κ1) is 16.6. The van der Waals surface area contributed by atoms with E-state index >= 15 is 0 Å². The van der Waals surface area contributed by atoms with Crippen LogP contribution in [0.4, 0.5) is 0 Å². The molecule has 0 aromatic heterocycles. The average molecular weight is 340 g/mol. The van der Waals surface area contributed by atoms with Gasteiger partial charge in [-0.05, 0) is 18.1 Å². The van der Waals surface area contributed by atoms with Crippen LogP contribution in [-0.2, 0) is 9.59 Å². The maximum Gasteiger partial charge on any atom is 0.240 e. The molecule has 1 N–H and O–H groups in total. The summed E-state index contributed by atoms with van der Waals surface area (Å²) in [6, 6.07) is 17.8. The van der Waals surface area contributed by atoms with E-state index in [2.05, 4.69) is 5.32 Å². The minimum absolute atomic E-state index is 0.0294. The lowest BCUT2D eigenvalue weighted by Crippen LogP contribution is -2.40. The number of aryl methyl sites for hydroxylation is 1. The van der Waals surface area contributed by atoms with E-state index in [1.807, 2.05) is 61.5 Å². The van der Waals surface area contributed by atoms with E-state index in [-0.39, 0.29) is 24.4 Å². The molecule has 1 saturated heterocycles. The number of carbonyl (C=O) groups is 2. The molecule has 24 heavy (non-hydrogen) atoms. The van der Waals surface area contributed by atoms with Crippen LogP contribution in [0.1, 0.15) is 22.7 Å². The van der Waals surface area contributed by atoms with E-state index in [0.29, 0.717) is 11.6 Å². The Morgan fingerprint density at radius 1 is 1.12 bits per heavy atom. The lowest BCUT2D eigenvalue weighted by molar-refractivity contribution is -0.132. The zero-order chi connectivity index (χ0) is 16.9. The molecule has 0 spiro atoms. The molecule has 0 saturated carbocycles. The first-order valence-electron chi connectivity index (χ1n) is 7.90. The highest BCUT2D eigenvalue weighted by Crippen LogP contribution is 2.22. The van der Waals surface area contributed by atoms with Crippen molar-refractivity contribution >= 4 is 23.6 Å². The maximum atomic E-state index is 12.5. The van der Waals surface area contributed by atoms with Crippen molar-refractivity contribution in [1.82, 2.24) is 10.2 Å². The van der Waals surface area contributed by atoms with E-state index in [9.17, 15) is 9.59 Å². The molecular weight excluding hydrogens is 320 g/mol. The SMILES string of the molecule is Cc1ccc([C@@H](NC(=O)CN2CSCC2=O)c2ccccc2)cc1. The molecular formula is C19H20N2O2S. The Labute approximate surface area is 146 Å². The number of carbonyl (C=O) groups excluding carboxylic acids is 2. The van der Waals surface area contributed by atoms with Crippen molar-refractivity contribution in [1.29, 1.82) is 0 Å². The molecule has 1 heterocycles. The summed E-state index contributed by atoms with van der Waals surface area (Å²) in [5.74, 6) is 0.946. The third-order valence-electron chi connectivity index (χ3n) is 4.01. The Morgan fingerprint density at radius 3 is 2.42 bits per heavy atom. The summed E-state index contributed by atoms with van der Waals surface area (Å²) < 4.78 is 0. The number of nitrogens with zero attached hydrogens (tertiary/aromatic N) is 1. The van der Waals surface area contributed by atoms with Gasteiger partial charge < -0.3 is 10.2 Å². The predicted octanol–water partition coefficient (Wildman–Crippen LogP) is 2.73. The van der Waals surface area contributed by atoms with Crippen LogP contribution >= 0.6 is 11.8 Å². The van der Waals surface area contributed by atoms with E-state index in [4.69, 9.17) is 0 Å². The minimum Gasteiger partial charge on any atom is -0.344 e. The molecule has 4 nitrogen and oxygen atoms in total. The van der Waals surface area contributed by atoms with Gasteiger partial charge in [-0.3, -0.25) is 9.59 Å². The Morgan fingerprint density at radius 2 is 1.79 bits per heavy atom. The topological polar surface area (TPSA) is 49.4 Å². The van der Waals surface area contributed by atoms with Crippen molar-refractivity contribution in [2.24, 2.45) is 0 Å². The Bertz CT molecular complexity index is 716. The number of hydrogen-bond donors (Lipinski definition) is 1. The summed E-state index contributed by atoms with van der Waals surface area (Å²) >= 11 is 1.54. The number of thioether (sulfide) groups is 1. The first-order valence-corrected chi connectivity index (χ1v) is 9.05. The fraction of sp³-hybridized carbons (Fsp3) is 0.263. The summed E-state index contributed by atoms with van der Waals surface area (Å²) in [5.41, 5.74) is 3.23. The maximum absolute atomic E-state index is 12.5. The molecule has 0 unspecified atom stereocenters. The van der Waals surface area contributed by atoms with Crippen LogP contribution in [0.2, 0.25) is 0 Å². The molecule has 1 atom stereocenters. The fourth-order valence-corrected chi connectivity index (χ4v) is 3.59. The van der Waals surface area contributed by atoms with Gasteiger partial charge in [0.2, 0.25) is 11.8 Å². The van der Waals surface area contributed by atoms with Gasteiger partial charge in [-0.2, -0.15) is 0 Å². The molecule has 2 aromatic carbocycles. The van der Waals surface area contributed by atoms with Crippen molar-refractivity contribution in [3.8, 4) is 0 Å². The van der Waals surface area contributed by atoms with Gasteiger partial charge in [-0.1, -0.05) is 60.2 Å². The standard InChI is InChI=1S/C19H20N2O2S/c1-14-7-9-16(10-8-14)19(15-5-3-2-4-6-15)20-17(22)11-21-13-24-12-18(21)23/h2-10,19H,11-13H2,1H3,(H,20,22)/t19-/m0/s1. The third-order valence-corrected chi connectivity index (χ3v) is 4.95. The van der Waals surface area contributed by atoms with Crippen molar-refractivity contribution in [3.05, 3.63) is 71.3 Å². The second kappa shape index (κ2) is 7.53. The van der Waals surface area contributed by atoms with Crippen molar-refractivity contribution in [3.63, 3.8) is 0 Å². The summed E-state index contributed by atoms with van der Waals surface area (Å²) in [5, 5.41) is 3.07. The number of nitrogens with one attached hydrogen (secondary N) is 1. The smallest absolute Gasteiger partial charge is 0.240 e. The molecule has 124 valence electrons. The van der Waals surface area contributed by atoms with E-state index < -0.39 is 0 Å². The molecule has 0 radical (unpaired) electrons. The summed E-state index contributed by atoms with van der Waals surface area (Å²) in [7, 11) is 0. The zero-order valence-electron chi connectivity index (χ0n) is 13.6. The normalized spacial score (nSPS) is 15.4. The highest BCUT2D eigenvalue weighted by Gasteiger charge is 2.24.